The molecule has 1 rings (SSSR count). The van der Waals surface area contributed by atoms with Gasteiger partial charge >= 0.3 is 0 Å². The predicted octanol–water partition coefficient (Wildman–Crippen LogP) is 1.47. The minimum Gasteiger partial charge on any atom is -0.315 e. The molecular weight excluding hydrogens is 172 g/mol. The summed E-state index contributed by atoms with van der Waals surface area (Å²) in [7, 11) is 0. The Morgan fingerprint density at radius 2 is 2.36 bits per heavy atom. The van der Waals surface area contributed by atoms with E-state index in [0.717, 1.165) is 32.1 Å². The highest BCUT2D eigenvalue weighted by molar-refractivity contribution is 4.87. The third-order valence-corrected chi connectivity index (χ3v) is 2.92. The van der Waals surface area contributed by atoms with Gasteiger partial charge in [-0.3, -0.25) is 4.90 Å². The number of hydrogen-bond acceptors (Lipinski definition) is 2. The zero-order valence-electron chi connectivity index (χ0n) is 9.26. The van der Waals surface area contributed by atoms with E-state index in [4.69, 9.17) is 6.42 Å². The summed E-state index contributed by atoms with van der Waals surface area (Å²) in [6.45, 7) is 6.67. The monoisotopic (exact) mass is 194 g/mol. The molecule has 0 amide bonds. The normalized spacial score (nSPS) is 23.3. The molecule has 1 fully saturated rings. The molecule has 1 unspecified atom stereocenters. The topological polar surface area (TPSA) is 15.3 Å². The number of piperidine rings is 1. The van der Waals surface area contributed by atoms with Crippen LogP contribution in [0.4, 0.5) is 0 Å². The predicted molar refractivity (Wildman–Crippen MR) is 61.2 cm³/mol. The van der Waals surface area contributed by atoms with Gasteiger partial charge in [0.05, 0.1) is 0 Å². The van der Waals surface area contributed by atoms with Crippen molar-refractivity contribution in [2.45, 2.75) is 38.6 Å². The van der Waals surface area contributed by atoms with E-state index in [1.54, 1.807) is 0 Å². The van der Waals surface area contributed by atoms with Gasteiger partial charge in [-0.1, -0.05) is 13.3 Å². The van der Waals surface area contributed by atoms with E-state index in [0.29, 0.717) is 0 Å². The number of rotatable bonds is 5. The molecule has 0 saturated carbocycles. The summed E-state index contributed by atoms with van der Waals surface area (Å²) in [5.74, 6) is 2.73. The lowest BCUT2D eigenvalue weighted by atomic mass is 10.0. The van der Waals surface area contributed by atoms with Gasteiger partial charge in [0.15, 0.2) is 0 Å². The van der Waals surface area contributed by atoms with Crippen molar-refractivity contribution in [1.82, 2.24) is 10.2 Å². The average Bonchev–Trinajstić information content (AvgIpc) is 2.24. The molecule has 0 aromatic heterocycles. The maximum atomic E-state index is 5.30. The Kier molecular flexibility index (Phi) is 5.66. The molecular formula is C12H22N2. The van der Waals surface area contributed by atoms with Crippen molar-refractivity contribution >= 4 is 0 Å². The molecule has 0 aliphatic carbocycles. The van der Waals surface area contributed by atoms with Crippen LogP contribution in [0.3, 0.4) is 0 Å². The largest absolute Gasteiger partial charge is 0.315 e. The van der Waals surface area contributed by atoms with Gasteiger partial charge in [-0.05, 0) is 25.9 Å². The number of terminal acetylenes is 1. The minimum absolute atomic E-state index is 0.719. The third kappa shape index (κ3) is 3.69. The van der Waals surface area contributed by atoms with Gasteiger partial charge in [0, 0.05) is 25.6 Å². The van der Waals surface area contributed by atoms with Crippen LogP contribution >= 0.6 is 0 Å². The average molecular weight is 194 g/mol. The van der Waals surface area contributed by atoms with E-state index in [-0.39, 0.29) is 0 Å². The van der Waals surface area contributed by atoms with Crippen molar-refractivity contribution in [1.29, 1.82) is 0 Å². The fraction of sp³-hybridized carbons (Fsp3) is 0.833. The molecule has 0 bridgehead atoms. The first kappa shape index (κ1) is 11.6. The second kappa shape index (κ2) is 6.86. The third-order valence-electron chi connectivity index (χ3n) is 2.92. The molecule has 1 aliphatic heterocycles. The van der Waals surface area contributed by atoms with E-state index in [9.17, 15) is 0 Å². The van der Waals surface area contributed by atoms with E-state index >= 15 is 0 Å². The van der Waals surface area contributed by atoms with E-state index < -0.39 is 0 Å². The summed E-state index contributed by atoms with van der Waals surface area (Å²) >= 11 is 0. The van der Waals surface area contributed by atoms with Crippen molar-refractivity contribution in [3.05, 3.63) is 0 Å². The zero-order chi connectivity index (χ0) is 10.2. The highest BCUT2D eigenvalue weighted by Gasteiger charge is 2.20. The van der Waals surface area contributed by atoms with Crippen LogP contribution in [0.15, 0.2) is 0 Å². The molecule has 2 heteroatoms. The quantitative estimate of drug-likeness (QED) is 0.667. The lowest BCUT2D eigenvalue weighted by Gasteiger charge is -2.35. The summed E-state index contributed by atoms with van der Waals surface area (Å²) in [6, 6.07) is 0.719. The Morgan fingerprint density at radius 1 is 1.50 bits per heavy atom. The van der Waals surface area contributed by atoms with Crippen LogP contribution in [-0.4, -0.2) is 37.1 Å². The van der Waals surface area contributed by atoms with Gasteiger partial charge < -0.3 is 5.32 Å². The van der Waals surface area contributed by atoms with Crippen LogP contribution in [0.5, 0.6) is 0 Å². The fourth-order valence-corrected chi connectivity index (χ4v) is 2.10. The minimum atomic E-state index is 0.719. The number of nitrogens with zero attached hydrogens (tertiary/aromatic N) is 1. The van der Waals surface area contributed by atoms with Gasteiger partial charge in [-0.15, -0.1) is 12.3 Å². The number of nitrogens with one attached hydrogen (secondary N) is 1. The van der Waals surface area contributed by atoms with Crippen molar-refractivity contribution in [2.75, 3.05) is 26.2 Å². The van der Waals surface area contributed by atoms with Crippen LogP contribution < -0.4 is 5.32 Å². The Balaban J connectivity index is 2.30. The zero-order valence-corrected chi connectivity index (χ0v) is 9.26. The molecule has 1 aliphatic rings. The van der Waals surface area contributed by atoms with Crippen molar-refractivity contribution in [3.63, 3.8) is 0 Å². The van der Waals surface area contributed by atoms with E-state index in [2.05, 4.69) is 23.1 Å². The molecule has 1 heterocycles. The highest BCUT2D eigenvalue weighted by atomic mass is 15.2. The second-order valence-corrected chi connectivity index (χ2v) is 3.95. The smallest absolute Gasteiger partial charge is 0.0221 e. The van der Waals surface area contributed by atoms with Crippen molar-refractivity contribution < 1.29 is 0 Å². The summed E-state index contributed by atoms with van der Waals surface area (Å²) in [6.07, 6.45) is 10.2. The van der Waals surface area contributed by atoms with Gasteiger partial charge in [-0.25, -0.2) is 0 Å². The first-order valence-electron chi connectivity index (χ1n) is 5.76. The molecule has 2 nitrogen and oxygen atoms in total. The van der Waals surface area contributed by atoms with Crippen LogP contribution in [0.2, 0.25) is 0 Å². The fourth-order valence-electron chi connectivity index (χ4n) is 2.10. The molecule has 0 aromatic rings. The van der Waals surface area contributed by atoms with Gasteiger partial charge in [0.1, 0.15) is 0 Å². The molecule has 80 valence electrons. The van der Waals surface area contributed by atoms with Crippen molar-refractivity contribution in [2.24, 2.45) is 0 Å². The molecule has 1 atom stereocenters. The van der Waals surface area contributed by atoms with Gasteiger partial charge in [-0.2, -0.15) is 0 Å². The highest BCUT2D eigenvalue weighted by Crippen LogP contribution is 2.16. The molecule has 1 N–H and O–H groups in total. The first-order valence-corrected chi connectivity index (χ1v) is 5.76. The molecule has 0 radical (unpaired) electrons. The number of likely N-dealkylation sites (N-methyl/N-ethyl adjacent to an activating group) is 1. The standard InChI is InChI=1S/C12H22N2/c1-3-5-9-14-10-7-6-8-12(14)11-13-4-2/h1,12-13H,4-11H2,2H3. The number of likely N-dealkylation sites (tertiary alicyclic amines) is 1. The van der Waals surface area contributed by atoms with E-state index in [1.165, 1.54) is 25.8 Å². The van der Waals surface area contributed by atoms with Gasteiger partial charge in [0.2, 0.25) is 0 Å². The van der Waals surface area contributed by atoms with E-state index in [1.807, 2.05) is 0 Å². The Hall–Kier alpha value is -0.520. The lowest BCUT2D eigenvalue weighted by Crippen LogP contribution is -2.45. The maximum absolute atomic E-state index is 5.30. The van der Waals surface area contributed by atoms with Gasteiger partial charge in [0.25, 0.3) is 0 Å². The molecule has 0 spiro atoms. The van der Waals surface area contributed by atoms with Crippen LogP contribution in [0.25, 0.3) is 0 Å². The summed E-state index contributed by atoms with van der Waals surface area (Å²) < 4.78 is 0. The number of hydrogen-bond donors (Lipinski definition) is 1. The van der Waals surface area contributed by atoms with Crippen LogP contribution in [0, 0.1) is 12.3 Å². The Morgan fingerprint density at radius 3 is 3.07 bits per heavy atom. The maximum Gasteiger partial charge on any atom is 0.0221 e. The second-order valence-electron chi connectivity index (χ2n) is 3.95. The van der Waals surface area contributed by atoms with Crippen molar-refractivity contribution in [3.8, 4) is 12.3 Å². The molecule has 14 heavy (non-hydrogen) atoms. The molecule has 0 aromatic carbocycles. The van der Waals surface area contributed by atoms with Crippen LogP contribution in [0.1, 0.15) is 32.6 Å². The first-order chi connectivity index (χ1) is 6.88. The summed E-state index contributed by atoms with van der Waals surface area (Å²) in [4.78, 5) is 2.55. The summed E-state index contributed by atoms with van der Waals surface area (Å²) in [5.41, 5.74) is 0. The van der Waals surface area contributed by atoms with Crippen LogP contribution in [-0.2, 0) is 0 Å². The molecule has 1 saturated heterocycles. The summed E-state index contributed by atoms with van der Waals surface area (Å²) in [5, 5.41) is 3.43. The Bertz CT molecular complexity index is 183. The Labute approximate surface area is 88.1 Å². The SMILES string of the molecule is C#CCCN1CCCCC1CNCC. The lowest BCUT2D eigenvalue weighted by molar-refractivity contribution is 0.149.